The lowest BCUT2D eigenvalue weighted by Crippen LogP contribution is -2.38. The number of carbonyl (C=O) groups is 2. The average molecular weight is 310 g/mol. The molecule has 0 aromatic carbocycles. The molecule has 0 saturated heterocycles. The summed E-state index contributed by atoms with van der Waals surface area (Å²) < 4.78 is 6.40. The van der Waals surface area contributed by atoms with Gasteiger partial charge in [-0.1, -0.05) is 18.1 Å². The molecule has 2 rings (SSSR count). The van der Waals surface area contributed by atoms with Gasteiger partial charge in [-0.2, -0.15) is 0 Å². The van der Waals surface area contributed by atoms with E-state index in [2.05, 4.69) is 15.6 Å². The number of aromatic nitrogens is 3. The minimum Gasteiger partial charge on any atom is -0.476 e. The maximum Gasteiger partial charge on any atom is 0.358 e. The highest BCUT2D eigenvalue weighted by molar-refractivity contribution is 5.84. The van der Waals surface area contributed by atoms with Crippen LogP contribution in [0.4, 0.5) is 0 Å². The number of ether oxygens (including phenoxy) is 1. The Labute approximate surface area is 128 Å². The van der Waals surface area contributed by atoms with E-state index in [1.165, 1.54) is 23.7 Å². The zero-order chi connectivity index (χ0) is 16.0. The Kier molecular flexibility index (Phi) is 5.48. The minimum absolute atomic E-state index is 0.0271. The van der Waals surface area contributed by atoms with Crippen LogP contribution in [0.5, 0.6) is 0 Å². The van der Waals surface area contributed by atoms with Crippen LogP contribution in [0.1, 0.15) is 42.6 Å². The van der Waals surface area contributed by atoms with Crippen molar-refractivity contribution in [1.29, 1.82) is 0 Å². The van der Waals surface area contributed by atoms with Crippen molar-refractivity contribution in [3.05, 3.63) is 11.9 Å². The molecule has 0 aliphatic heterocycles. The summed E-state index contributed by atoms with van der Waals surface area (Å²) in [5.41, 5.74) is -0.0413. The summed E-state index contributed by atoms with van der Waals surface area (Å²) in [4.78, 5) is 22.7. The molecule has 1 fully saturated rings. The van der Waals surface area contributed by atoms with E-state index >= 15 is 0 Å². The number of hydrogen-bond acceptors (Lipinski definition) is 5. The lowest BCUT2D eigenvalue weighted by molar-refractivity contribution is -0.122. The van der Waals surface area contributed by atoms with Crippen LogP contribution in [0.25, 0.3) is 0 Å². The molecule has 1 saturated carbocycles. The first-order valence-corrected chi connectivity index (χ1v) is 7.44. The fourth-order valence-electron chi connectivity index (χ4n) is 2.92. The number of aromatic carboxylic acids is 1. The first-order chi connectivity index (χ1) is 10.5. The van der Waals surface area contributed by atoms with Crippen molar-refractivity contribution < 1.29 is 19.4 Å². The number of methoxy groups -OCH3 is 1. The van der Waals surface area contributed by atoms with Crippen LogP contribution in [-0.4, -0.2) is 52.2 Å². The van der Waals surface area contributed by atoms with Gasteiger partial charge in [0.15, 0.2) is 5.69 Å². The van der Waals surface area contributed by atoms with Crippen LogP contribution in [0, 0.1) is 5.41 Å². The van der Waals surface area contributed by atoms with Gasteiger partial charge in [0.25, 0.3) is 0 Å². The monoisotopic (exact) mass is 310 g/mol. The highest BCUT2D eigenvalue weighted by Gasteiger charge is 2.33. The van der Waals surface area contributed by atoms with Crippen molar-refractivity contribution in [3.8, 4) is 0 Å². The lowest BCUT2D eigenvalue weighted by Gasteiger charge is -2.29. The molecule has 8 nitrogen and oxygen atoms in total. The zero-order valence-corrected chi connectivity index (χ0v) is 12.7. The van der Waals surface area contributed by atoms with E-state index in [4.69, 9.17) is 9.84 Å². The summed E-state index contributed by atoms with van der Waals surface area (Å²) in [6.45, 7) is 1.29. The maximum atomic E-state index is 12.0. The Morgan fingerprint density at radius 3 is 2.77 bits per heavy atom. The number of nitrogens with zero attached hydrogens (tertiary/aromatic N) is 3. The van der Waals surface area contributed by atoms with E-state index in [-0.39, 0.29) is 23.6 Å². The summed E-state index contributed by atoms with van der Waals surface area (Å²) in [5.74, 6) is -1.35. The molecular formula is C14H22N4O4. The normalized spacial score (nSPS) is 16.6. The minimum atomic E-state index is -1.16. The number of carbonyl (C=O) groups excluding carboxylic acids is 1. The standard InChI is InChI=1S/C14H22N4O4/c1-22-7-6-14(4-2-3-5-14)10-15-12(19)9-18-8-11(13(20)21)16-17-18/h8H,2-7,9-10H2,1H3,(H,15,19)(H,20,21). The quantitative estimate of drug-likeness (QED) is 0.731. The fraction of sp³-hybridized carbons (Fsp3) is 0.714. The summed E-state index contributed by atoms with van der Waals surface area (Å²) in [7, 11) is 1.69. The molecule has 0 unspecified atom stereocenters. The van der Waals surface area contributed by atoms with Crippen molar-refractivity contribution in [1.82, 2.24) is 20.3 Å². The third kappa shape index (κ3) is 4.27. The molecule has 2 N–H and O–H groups in total. The third-order valence-corrected chi connectivity index (χ3v) is 4.22. The number of hydrogen-bond donors (Lipinski definition) is 2. The second-order valence-corrected chi connectivity index (χ2v) is 5.83. The van der Waals surface area contributed by atoms with Gasteiger partial charge in [0.2, 0.25) is 5.91 Å². The summed E-state index contributed by atoms with van der Waals surface area (Å²) in [6, 6.07) is 0. The molecule has 1 aliphatic rings. The maximum absolute atomic E-state index is 12.0. The number of carboxylic acids is 1. The third-order valence-electron chi connectivity index (χ3n) is 4.22. The molecular weight excluding hydrogens is 288 g/mol. The van der Waals surface area contributed by atoms with Crippen LogP contribution >= 0.6 is 0 Å². The molecule has 8 heteroatoms. The molecule has 1 aromatic rings. The van der Waals surface area contributed by atoms with Crippen molar-refractivity contribution in [2.45, 2.75) is 38.6 Å². The number of amides is 1. The Hall–Kier alpha value is -1.96. The number of nitrogens with one attached hydrogen (secondary N) is 1. The largest absolute Gasteiger partial charge is 0.476 e. The molecule has 0 spiro atoms. The van der Waals surface area contributed by atoms with Crippen LogP contribution < -0.4 is 5.32 Å². The molecule has 1 aliphatic carbocycles. The van der Waals surface area contributed by atoms with Gasteiger partial charge in [-0.25, -0.2) is 9.48 Å². The Bertz CT molecular complexity index is 523. The van der Waals surface area contributed by atoms with E-state index in [0.29, 0.717) is 13.2 Å². The topological polar surface area (TPSA) is 106 Å². The summed E-state index contributed by atoms with van der Waals surface area (Å²) >= 11 is 0. The molecule has 122 valence electrons. The summed E-state index contributed by atoms with van der Waals surface area (Å²) in [6.07, 6.45) is 6.76. The Morgan fingerprint density at radius 1 is 1.45 bits per heavy atom. The second kappa shape index (κ2) is 7.35. The van der Waals surface area contributed by atoms with Gasteiger partial charge in [-0.15, -0.1) is 5.10 Å². The van der Waals surface area contributed by atoms with Gasteiger partial charge in [-0.3, -0.25) is 4.79 Å². The SMILES string of the molecule is COCCC1(CNC(=O)Cn2cc(C(=O)O)nn2)CCCC1. The molecule has 0 atom stereocenters. The molecule has 22 heavy (non-hydrogen) atoms. The van der Waals surface area contributed by atoms with Crippen molar-refractivity contribution in [3.63, 3.8) is 0 Å². The smallest absolute Gasteiger partial charge is 0.358 e. The van der Waals surface area contributed by atoms with Crippen molar-refractivity contribution >= 4 is 11.9 Å². The molecule has 0 bridgehead atoms. The first kappa shape index (κ1) is 16.4. The average Bonchev–Trinajstić information content (AvgIpc) is 3.13. The van der Waals surface area contributed by atoms with Crippen molar-refractivity contribution in [2.24, 2.45) is 5.41 Å². The molecule has 1 aromatic heterocycles. The van der Waals surface area contributed by atoms with E-state index < -0.39 is 5.97 Å². The Morgan fingerprint density at radius 2 is 2.18 bits per heavy atom. The van der Waals surface area contributed by atoms with Gasteiger partial charge >= 0.3 is 5.97 Å². The zero-order valence-electron chi connectivity index (χ0n) is 12.7. The Balaban J connectivity index is 1.84. The highest BCUT2D eigenvalue weighted by Crippen LogP contribution is 2.40. The predicted octanol–water partition coefficient (Wildman–Crippen LogP) is 0.689. The van der Waals surface area contributed by atoms with Gasteiger partial charge in [0, 0.05) is 20.3 Å². The lowest BCUT2D eigenvalue weighted by atomic mass is 9.83. The van der Waals surface area contributed by atoms with E-state index in [9.17, 15) is 9.59 Å². The van der Waals surface area contributed by atoms with Gasteiger partial charge in [-0.05, 0) is 24.7 Å². The first-order valence-electron chi connectivity index (χ1n) is 7.44. The van der Waals surface area contributed by atoms with Crippen LogP contribution in [-0.2, 0) is 16.1 Å². The van der Waals surface area contributed by atoms with E-state index in [1.54, 1.807) is 7.11 Å². The number of rotatable bonds is 8. The predicted molar refractivity (Wildman–Crippen MR) is 77.4 cm³/mol. The summed E-state index contributed by atoms with van der Waals surface area (Å²) in [5, 5.41) is 18.8. The van der Waals surface area contributed by atoms with Crippen LogP contribution in [0.3, 0.4) is 0 Å². The van der Waals surface area contributed by atoms with E-state index in [1.807, 2.05) is 0 Å². The number of carboxylic acid groups (broad SMARTS) is 1. The van der Waals surface area contributed by atoms with E-state index in [0.717, 1.165) is 19.3 Å². The van der Waals surface area contributed by atoms with Gasteiger partial charge < -0.3 is 15.2 Å². The van der Waals surface area contributed by atoms with Crippen LogP contribution in [0.2, 0.25) is 0 Å². The van der Waals surface area contributed by atoms with Crippen molar-refractivity contribution in [2.75, 3.05) is 20.3 Å². The van der Waals surface area contributed by atoms with Gasteiger partial charge in [0.05, 0.1) is 6.20 Å². The highest BCUT2D eigenvalue weighted by atomic mass is 16.5. The molecule has 1 heterocycles. The fourth-order valence-corrected chi connectivity index (χ4v) is 2.92. The molecule has 1 amide bonds. The molecule has 0 radical (unpaired) electrons. The second-order valence-electron chi connectivity index (χ2n) is 5.83. The van der Waals surface area contributed by atoms with Gasteiger partial charge in [0.1, 0.15) is 6.54 Å². The van der Waals surface area contributed by atoms with Crippen LogP contribution in [0.15, 0.2) is 6.20 Å².